The number of nitrogens with one attached hydrogen (secondary N) is 1. The number of halogens is 1. The molecular formula is C13H19FN2O3S. The van der Waals surface area contributed by atoms with Crippen LogP contribution in [0.2, 0.25) is 0 Å². The molecule has 0 fully saturated rings. The molecule has 0 spiro atoms. The number of anilines is 2. The van der Waals surface area contributed by atoms with Gasteiger partial charge in [0.2, 0.25) is 5.91 Å². The Morgan fingerprint density at radius 3 is 2.60 bits per heavy atom. The Morgan fingerprint density at radius 2 is 2.05 bits per heavy atom. The van der Waals surface area contributed by atoms with Gasteiger partial charge in [0.25, 0.3) is 0 Å². The normalized spacial score (nSPS) is 11.6. The van der Waals surface area contributed by atoms with Gasteiger partial charge in [-0.3, -0.25) is 4.79 Å². The molecule has 0 aromatic heterocycles. The second-order valence-corrected chi connectivity index (χ2v) is 7.27. The van der Waals surface area contributed by atoms with Crippen molar-refractivity contribution in [1.29, 1.82) is 0 Å². The number of benzene rings is 1. The molecule has 7 heteroatoms. The lowest BCUT2D eigenvalue weighted by Crippen LogP contribution is -2.21. The fourth-order valence-electron chi connectivity index (χ4n) is 1.70. The van der Waals surface area contributed by atoms with Gasteiger partial charge in [-0.1, -0.05) is 13.8 Å². The number of carbonyl (C=O) groups excluding carboxylic acids is 1. The summed E-state index contributed by atoms with van der Waals surface area (Å²) in [6.45, 7) is 3.60. The Hall–Kier alpha value is -1.63. The zero-order valence-corrected chi connectivity index (χ0v) is 12.3. The van der Waals surface area contributed by atoms with Crippen molar-refractivity contribution in [2.24, 2.45) is 5.92 Å². The molecule has 1 aromatic carbocycles. The van der Waals surface area contributed by atoms with Crippen molar-refractivity contribution in [3.63, 3.8) is 0 Å². The van der Waals surface area contributed by atoms with Gasteiger partial charge in [-0.25, -0.2) is 12.8 Å². The van der Waals surface area contributed by atoms with Crippen LogP contribution in [0, 0.1) is 11.7 Å². The molecular weight excluding hydrogens is 283 g/mol. The lowest BCUT2D eigenvalue weighted by Gasteiger charge is -2.09. The predicted molar refractivity (Wildman–Crippen MR) is 77.6 cm³/mol. The van der Waals surface area contributed by atoms with E-state index in [0.29, 0.717) is 0 Å². The number of amides is 1. The number of sulfone groups is 1. The fraction of sp³-hybridized carbons (Fsp3) is 0.462. The smallest absolute Gasteiger partial charge is 0.225 e. The maximum Gasteiger partial charge on any atom is 0.225 e. The largest absolute Gasteiger partial charge is 0.397 e. The molecule has 1 rings (SSSR count). The molecule has 0 aliphatic carbocycles. The SMILES string of the molecule is CC(C)CS(=O)(=O)CCC(=O)Nc1ccc(F)cc1N. The van der Waals surface area contributed by atoms with Crippen LogP contribution in [0.3, 0.4) is 0 Å². The average molecular weight is 302 g/mol. The molecule has 0 saturated heterocycles. The van der Waals surface area contributed by atoms with Gasteiger partial charge < -0.3 is 11.1 Å². The molecule has 1 amide bonds. The summed E-state index contributed by atoms with van der Waals surface area (Å²) < 4.78 is 36.1. The zero-order chi connectivity index (χ0) is 15.3. The number of rotatable bonds is 6. The Kier molecular flexibility index (Phi) is 5.50. The fourth-order valence-corrected chi connectivity index (χ4v) is 3.38. The molecule has 0 unspecified atom stereocenters. The number of carbonyl (C=O) groups is 1. The minimum Gasteiger partial charge on any atom is -0.397 e. The van der Waals surface area contributed by atoms with Crippen LogP contribution in [0.1, 0.15) is 20.3 Å². The molecule has 3 N–H and O–H groups in total. The van der Waals surface area contributed by atoms with Crippen LogP contribution in [0.4, 0.5) is 15.8 Å². The van der Waals surface area contributed by atoms with E-state index in [1.165, 1.54) is 12.1 Å². The quantitative estimate of drug-likeness (QED) is 0.784. The van der Waals surface area contributed by atoms with Crippen molar-refractivity contribution in [1.82, 2.24) is 0 Å². The van der Waals surface area contributed by atoms with E-state index in [2.05, 4.69) is 5.32 Å². The van der Waals surface area contributed by atoms with Crippen LogP contribution in [0.5, 0.6) is 0 Å². The van der Waals surface area contributed by atoms with Crippen molar-refractivity contribution < 1.29 is 17.6 Å². The highest BCUT2D eigenvalue weighted by molar-refractivity contribution is 7.91. The summed E-state index contributed by atoms with van der Waals surface area (Å²) >= 11 is 0. The van der Waals surface area contributed by atoms with E-state index in [-0.39, 0.29) is 35.2 Å². The third-order valence-electron chi connectivity index (χ3n) is 2.52. The van der Waals surface area contributed by atoms with Gasteiger partial charge in [-0.15, -0.1) is 0 Å². The molecule has 0 aliphatic rings. The van der Waals surface area contributed by atoms with Gasteiger partial charge in [-0.2, -0.15) is 0 Å². The van der Waals surface area contributed by atoms with E-state index in [1.807, 2.05) is 0 Å². The minimum atomic E-state index is -3.24. The van der Waals surface area contributed by atoms with Gasteiger partial charge >= 0.3 is 0 Å². The van der Waals surface area contributed by atoms with Crippen LogP contribution >= 0.6 is 0 Å². The molecule has 112 valence electrons. The molecule has 0 aliphatic heterocycles. The van der Waals surface area contributed by atoms with Crippen LogP contribution in [-0.4, -0.2) is 25.8 Å². The molecule has 0 atom stereocenters. The predicted octanol–water partition coefficient (Wildman–Crippen LogP) is 1.81. The minimum absolute atomic E-state index is 0.0239. The first-order valence-electron chi connectivity index (χ1n) is 6.25. The molecule has 0 heterocycles. The summed E-state index contributed by atoms with van der Waals surface area (Å²) in [6.07, 6.45) is -0.147. The van der Waals surface area contributed by atoms with E-state index < -0.39 is 21.6 Å². The molecule has 0 saturated carbocycles. The topological polar surface area (TPSA) is 89.3 Å². The Morgan fingerprint density at radius 1 is 1.40 bits per heavy atom. The van der Waals surface area contributed by atoms with Crippen molar-refractivity contribution in [3.8, 4) is 0 Å². The Balaban J connectivity index is 2.56. The summed E-state index contributed by atoms with van der Waals surface area (Å²) in [4.78, 5) is 11.7. The van der Waals surface area contributed by atoms with E-state index in [4.69, 9.17) is 5.73 Å². The third-order valence-corrected chi connectivity index (χ3v) is 4.52. The van der Waals surface area contributed by atoms with Crippen LogP contribution in [-0.2, 0) is 14.6 Å². The highest BCUT2D eigenvalue weighted by Gasteiger charge is 2.16. The summed E-state index contributed by atoms with van der Waals surface area (Å²) in [5.74, 6) is -1.09. The van der Waals surface area contributed by atoms with Crippen LogP contribution in [0.25, 0.3) is 0 Å². The van der Waals surface area contributed by atoms with E-state index in [1.54, 1.807) is 13.8 Å². The Bertz CT molecular complexity index is 585. The first-order chi connectivity index (χ1) is 9.19. The lowest BCUT2D eigenvalue weighted by atomic mass is 10.2. The molecule has 20 heavy (non-hydrogen) atoms. The molecule has 0 bridgehead atoms. The van der Waals surface area contributed by atoms with Crippen LogP contribution < -0.4 is 11.1 Å². The van der Waals surface area contributed by atoms with Crippen molar-refractivity contribution in [2.75, 3.05) is 22.6 Å². The summed E-state index contributed by atoms with van der Waals surface area (Å²) in [5, 5.41) is 2.47. The lowest BCUT2D eigenvalue weighted by molar-refractivity contribution is -0.115. The van der Waals surface area contributed by atoms with Gasteiger partial charge in [-0.05, 0) is 24.1 Å². The van der Waals surface area contributed by atoms with Crippen molar-refractivity contribution >= 4 is 27.1 Å². The third kappa shape index (κ3) is 5.56. The first kappa shape index (κ1) is 16.4. The second kappa shape index (κ2) is 6.69. The zero-order valence-electron chi connectivity index (χ0n) is 11.5. The van der Waals surface area contributed by atoms with Crippen LogP contribution in [0.15, 0.2) is 18.2 Å². The monoisotopic (exact) mass is 302 g/mol. The first-order valence-corrected chi connectivity index (χ1v) is 8.07. The number of hydrogen-bond acceptors (Lipinski definition) is 4. The highest BCUT2D eigenvalue weighted by Crippen LogP contribution is 2.19. The summed E-state index contributed by atoms with van der Waals surface area (Å²) in [5.41, 5.74) is 5.92. The van der Waals surface area contributed by atoms with Crippen molar-refractivity contribution in [2.45, 2.75) is 20.3 Å². The standard InChI is InChI=1S/C13H19FN2O3S/c1-9(2)8-20(18,19)6-5-13(17)16-12-4-3-10(14)7-11(12)15/h3-4,7,9H,5-6,8,15H2,1-2H3,(H,16,17). The second-order valence-electron chi connectivity index (χ2n) is 5.04. The maximum atomic E-state index is 12.8. The van der Waals surface area contributed by atoms with E-state index >= 15 is 0 Å². The van der Waals surface area contributed by atoms with E-state index in [9.17, 15) is 17.6 Å². The highest BCUT2D eigenvalue weighted by atomic mass is 32.2. The number of nitrogens with two attached hydrogens (primary N) is 1. The van der Waals surface area contributed by atoms with Crippen molar-refractivity contribution in [3.05, 3.63) is 24.0 Å². The molecule has 1 aromatic rings. The molecule has 5 nitrogen and oxygen atoms in total. The maximum absolute atomic E-state index is 12.8. The van der Waals surface area contributed by atoms with Gasteiger partial charge in [0.1, 0.15) is 5.82 Å². The summed E-state index contributed by atoms with van der Waals surface area (Å²) in [7, 11) is -3.24. The Labute approximate surface area is 118 Å². The van der Waals surface area contributed by atoms with Gasteiger partial charge in [0.15, 0.2) is 9.84 Å². The van der Waals surface area contributed by atoms with Gasteiger partial charge in [0, 0.05) is 6.42 Å². The van der Waals surface area contributed by atoms with E-state index in [0.717, 1.165) is 6.07 Å². The molecule has 0 radical (unpaired) electrons. The number of nitrogen functional groups attached to an aromatic ring is 1. The van der Waals surface area contributed by atoms with Gasteiger partial charge in [0.05, 0.1) is 22.9 Å². The number of hydrogen-bond donors (Lipinski definition) is 2. The summed E-state index contributed by atoms with van der Waals surface area (Å²) in [6, 6.07) is 3.60. The average Bonchev–Trinajstić information content (AvgIpc) is 2.29.